The number of likely N-dealkylation sites (tertiary alicyclic amines) is 1. The van der Waals surface area contributed by atoms with Crippen LogP contribution in [-0.4, -0.2) is 54.2 Å². The minimum atomic E-state index is -0.362. The molecule has 1 unspecified atom stereocenters. The molecular weight excluding hydrogens is 390 g/mol. The van der Waals surface area contributed by atoms with Crippen LogP contribution in [0.25, 0.3) is 0 Å². The number of piperidine rings is 1. The van der Waals surface area contributed by atoms with Gasteiger partial charge in [-0.3, -0.25) is 0 Å². The topological polar surface area (TPSA) is 46.5 Å². The average Bonchev–Trinajstić information content (AvgIpc) is 3.28. The predicted molar refractivity (Wildman–Crippen MR) is 119 cm³/mol. The van der Waals surface area contributed by atoms with E-state index in [2.05, 4.69) is 53.2 Å². The summed E-state index contributed by atoms with van der Waals surface area (Å²) in [5, 5.41) is 7.47. The molecule has 1 spiro atoms. The van der Waals surface area contributed by atoms with Gasteiger partial charge in [-0.15, -0.1) is 0 Å². The van der Waals surface area contributed by atoms with Crippen LogP contribution in [0.1, 0.15) is 49.8 Å². The Labute approximate surface area is 183 Å². The van der Waals surface area contributed by atoms with Crippen LogP contribution in [0.2, 0.25) is 0 Å². The third kappa shape index (κ3) is 3.16. The van der Waals surface area contributed by atoms with Gasteiger partial charge in [-0.05, 0) is 37.2 Å². The van der Waals surface area contributed by atoms with Crippen molar-refractivity contribution in [1.29, 1.82) is 0 Å². The third-order valence-electron chi connectivity index (χ3n) is 6.96. The smallest absolute Gasteiger partial charge is 0.200 e. The Bertz CT molecular complexity index is 1010. The van der Waals surface area contributed by atoms with Crippen LogP contribution in [0.15, 0.2) is 47.6 Å². The van der Waals surface area contributed by atoms with E-state index in [0.717, 1.165) is 67.4 Å². The average molecular weight is 420 g/mol. The first-order valence-electron chi connectivity index (χ1n) is 11.5. The van der Waals surface area contributed by atoms with E-state index in [9.17, 15) is 0 Å². The number of hydrogen-bond donors (Lipinski definition) is 0. The number of ether oxygens (including phenoxy) is 3. The van der Waals surface area contributed by atoms with Gasteiger partial charge in [0.1, 0.15) is 19.0 Å². The fourth-order valence-electron chi connectivity index (χ4n) is 5.40. The third-order valence-corrected chi connectivity index (χ3v) is 6.96. The van der Waals surface area contributed by atoms with Crippen LogP contribution in [0.5, 0.6) is 17.2 Å². The first-order valence-corrected chi connectivity index (χ1v) is 11.5. The molecule has 0 N–H and O–H groups in total. The van der Waals surface area contributed by atoms with E-state index in [1.807, 2.05) is 6.07 Å². The summed E-state index contributed by atoms with van der Waals surface area (Å²) in [6.45, 7) is 6.70. The standard InChI is InChI=1S/C25H29N3O3/c1-2-11-27-12-9-25(10-13-27)28-21(19-5-3-4-6-22(19)31-25)17-20(26-28)18-7-8-23-24(16-18)30-15-14-29-23/h3-8,16,21H,2,9-15,17H2,1H3. The molecule has 1 fully saturated rings. The number of hydrazone groups is 1. The fraction of sp³-hybridized carbons (Fsp3) is 0.480. The van der Waals surface area contributed by atoms with Crippen molar-refractivity contribution < 1.29 is 14.2 Å². The summed E-state index contributed by atoms with van der Waals surface area (Å²) in [7, 11) is 0. The van der Waals surface area contributed by atoms with Crippen LogP contribution >= 0.6 is 0 Å². The van der Waals surface area contributed by atoms with Crippen molar-refractivity contribution in [2.24, 2.45) is 5.10 Å². The molecule has 6 rings (SSSR count). The number of nitrogens with zero attached hydrogens (tertiary/aromatic N) is 3. The lowest BCUT2D eigenvalue weighted by Crippen LogP contribution is -2.59. The number of para-hydroxylation sites is 1. The van der Waals surface area contributed by atoms with Crippen molar-refractivity contribution >= 4 is 5.71 Å². The Balaban J connectivity index is 1.36. The number of hydrogen-bond acceptors (Lipinski definition) is 6. The zero-order valence-electron chi connectivity index (χ0n) is 18.0. The number of rotatable bonds is 3. The first-order chi connectivity index (χ1) is 15.3. The molecule has 1 saturated heterocycles. The zero-order chi connectivity index (χ0) is 20.8. The highest BCUT2D eigenvalue weighted by Crippen LogP contribution is 2.50. The molecule has 1 atom stereocenters. The second-order valence-corrected chi connectivity index (χ2v) is 8.90. The van der Waals surface area contributed by atoms with E-state index in [-0.39, 0.29) is 11.8 Å². The Morgan fingerprint density at radius 2 is 1.81 bits per heavy atom. The molecule has 162 valence electrons. The Kier molecular flexibility index (Phi) is 4.56. The highest BCUT2D eigenvalue weighted by Gasteiger charge is 2.51. The summed E-state index contributed by atoms with van der Waals surface area (Å²) in [4.78, 5) is 2.55. The van der Waals surface area contributed by atoms with Gasteiger partial charge in [-0.2, -0.15) is 5.10 Å². The molecule has 6 nitrogen and oxygen atoms in total. The Morgan fingerprint density at radius 3 is 2.65 bits per heavy atom. The molecular formula is C25H29N3O3. The fourth-order valence-corrected chi connectivity index (χ4v) is 5.40. The minimum Gasteiger partial charge on any atom is -0.486 e. The second-order valence-electron chi connectivity index (χ2n) is 8.90. The van der Waals surface area contributed by atoms with Crippen molar-refractivity contribution in [3.63, 3.8) is 0 Å². The molecule has 4 aliphatic rings. The zero-order valence-corrected chi connectivity index (χ0v) is 18.0. The van der Waals surface area contributed by atoms with Crippen LogP contribution < -0.4 is 14.2 Å². The maximum Gasteiger partial charge on any atom is 0.200 e. The maximum atomic E-state index is 6.72. The molecule has 4 aliphatic heterocycles. The van der Waals surface area contributed by atoms with Gasteiger partial charge in [0, 0.05) is 43.5 Å². The van der Waals surface area contributed by atoms with Crippen molar-refractivity contribution in [1.82, 2.24) is 9.91 Å². The van der Waals surface area contributed by atoms with Crippen molar-refractivity contribution in [3.05, 3.63) is 53.6 Å². The summed E-state index contributed by atoms with van der Waals surface area (Å²) in [5.74, 6) is 2.65. The van der Waals surface area contributed by atoms with Gasteiger partial charge < -0.3 is 19.1 Å². The summed E-state index contributed by atoms with van der Waals surface area (Å²) >= 11 is 0. The van der Waals surface area contributed by atoms with E-state index < -0.39 is 0 Å². The van der Waals surface area contributed by atoms with Gasteiger partial charge in [0.25, 0.3) is 0 Å². The summed E-state index contributed by atoms with van der Waals surface area (Å²) < 4.78 is 18.2. The lowest BCUT2D eigenvalue weighted by molar-refractivity contribution is -0.149. The van der Waals surface area contributed by atoms with Crippen molar-refractivity contribution in [2.75, 3.05) is 32.8 Å². The molecule has 2 aromatic rings. The van der Waals surface area contributed by atoms with E-state index in [0.29, 0.717) is 13.2 Å². The quantitative estimate of drug-likeness (QED) is 0.746. The summed E-state index contributed by atoms with van der Waals surface area (Å²) in [6.07, 6.45) is 4.00. The lowest BCUT2D eigenvalue weighted by atomic mass is 9.90. The van der Waals surface area contributed by atoms with Crippen LogP contribution in [-0.2, 0) is 0 Å². The molecule has 0 radical (unpaired) electrons. The van der Waals surface area contributed by atoms with Gasteiger partial charge in [0.2, 0.25) is 5.72 Å². The molecule has 0 saturated carbocycles. The highest BCUT2D eigenvalue weighted by atomic mass is 16.6. The van der Waals surface area contributed by atoms with Crippen LogP contribution in [0, 0.1) is 0 Å². The molecule has 0 amide bonds. The van der Waals surface area contributed by atoms with E-state index in [1.54, 1.807) is 0 Å². The normalized spacial score (nSPS) is 23.7. The van der Waals surface area contributed by atoms with E-state index in [1.165, 1.54) is 12.0 Å². The number of benzene rings is 2. The lowest BCUT2D eigenvalue weighted by Gasteiger charge is -2.51. The van der Waals surface area contributed by atoms with E-state index in [4.69, 9.17) is 19.3 Å². The molecule has 0 bridgehead atoms. The van der Waals surface area contributed by atoms with Gasteiger partial charge in [0.05, 0.1) is 11.8 Å². The second kappa shape index (κ2) is 7.45. The number of fused-ring (bicyclic) bond motifs is 5. The van der Waals surface area contributed by atoms with Crippen LogP contribution in [0.3, 0.4) is 0 Å². The Hall–Kier alpha value is -2.73. The molecule has 2 aromatic carbocycles. The van der Waals surface area contributed by atoms with Gasteiger partial charge in [-0.1, -0.05) is 25.1 Å². The molecule has 6 heteroatoms. The molecule has 0 aliphatic carbocycles. The maximum absolute atomic E-state index is 6.72. The predicted octanol–water partition coefficient (Wildman–Crippen LogP) is 4.20. The summed E-state index contributed by atoms with van der Waals surface area (Å²) in [5.41, 5.74) is 3.08. The largest absolute Gasteiger partial charge is 0.486 e. The minimum absolute atomic E-state index is 0.214. The SMILES string of the molecule is CCCN1CCC2(CC1)Oc1ccccc1C1CC(c3ccc4c(c3)OCCO4)=NN12. The molecule has 31 heavy (non-hydrogen) atoms. The molecule has 0 aromatic heterocycles. The Morgan fingerprint density at radius 1 is 1.00 bits per heavy atom. The van der Waals surface area contributed by atoms with Gasteiger partial charge >= 0.3 is 0 Å². The van der Waals surface area contributed by atoms with Gasteiger partial charge in [0.15, 0.2) is 11.5 Å². The highest BCUT2D eigenvalue weighted by molar-refractivity contribution is 6.02. The first kappa shape index (κ1) is 19.0. The monoisotopic (exact) mass is 419 g/mol. The van der Waals surface area contributed by atoms with Crippen molar-refractivity contribution in [2.45, 2.75) is 44.4 Å². The van der Waals surface area contributed by atoms with Crippen LogP contribution in [0.4, 0.5) is 0 Å². The summed E-state index contributed by atoms with van der Waals surface area (Å²) in [6, 6.07) is 14.9. The van der Waals surface area contributed by atoms with Crippen molar-refractivity contribution in [3.8, 4) is 17.2 Å². The van der Waals surface area contributed by atoms with E-state index >= 15 is 0 Å². The van der Waals surface area contributed by atoms with Gasteiger partial charge in [-0.25, -0.2) is 5.01 Å². The molecule has 4 heterocycles.